The lowest BCUT2D eigenvalue weighted by Crippen LogP contribution is -2.48. The molecule has 8 nitrogen and oxygen atoms in total. The second-order valence-corrected chi connectivity index (χ2v) is 14.5. The first-order valence-electron chi connectivity index (χ1n) is 18.0. The number of unbranched alkanes of at least 4 members (excludes halogenated alkanes) is 8. The number of ether oxygens (including phenoxy) is 4. The van der Waals surface area contributed by atoms with E-state index in [0.717, 1.165) is 24.8 Å². The van der Waals surface area contributed by atoms with Crippen LogP contribution in [0.15, 0.2) is 36.4 Å². The normalized spacial score (nSPS) is 13.2. The van der Waals surface area contributed by atoms with Gasteiger partial charge in [0.25, 0.3) is 0 Å². The van der Waals surface area contributed by atoms with Crippen LogP contribution in [0.1, 0.15) is 111 Å². The third-order valence-electron chi connectivity index (χ3n) is 7.88. The summed E-state index contributed by atoms with van der Waals surface area (Å²) in [5.74, 6) is 5.61. The van der Waals surface area contributed by atoms with E-state index in [1.165, 1.54) is 63.6 Å². The first-order chi connectivity index (χ1) is 23.6. The van der Waals surface area contributed by atoms with Crippen molar-refractivity contribution in [3.8, 4) is 17.6 Å². The molecule has 0 aliphatic heterocycles. The molecular weight excluding hydrogens is 639 g/mol. The number of carbonyl (C=O) groups excluding carboxylic acids is 3. The molecule has 0 fully saturated rings. The fourth-order valence-corrected chi connectivity index (χ4v) is 6.22. The third-order valence-corrected chi connectivity index (χ3v) is 9.03. The van der Waals surface area contributed by atoms with Gasteiger partial charge in [-0.25, -0.2) is 4.79 Å². The highest BCUT2D eigenvalue weighted by molar-refractivity contribution is 7.99. The Morgan fingerprint density at radius 1 is 0.918 bits per heavy atom. The fraction of sp³-hybridized carbons (Fsp3) is 0.675. The average Bonchev–Trinajstić information content (AvgIpc) is 3.06. The Labute approximate surface area is 301 Å². The summed E-state index contributed by atoms with van der Waals surface area (Å²) in [5, 5.41) is 2.88. The van der Waals surface area contributed by atoms with Crippen LogP contribution in [-0.4, -0.2) is 68.4 Å². The number of hydrogen-bond acceptors (Lipinski definition) is 8. The van der Waals surface area contributed by atoms with Gasteiger partial charge in [0.1, 0.15) is 24.0 Å². The monoisotopic (exact) mass is 701 g/mol. The summed E-state index contributed by atoms with van der Waals surface area (Å²) < 4.78 is 21.7. The highest BCUT2D eigenvalue weighted by Gasteiger charge is 2.36. The largest absolute Gasteiger partial charge is 0.481 e. The molecule has 1 N–H and O–H groups in total. The molecule has 49 heavy (non-hydrogen) atoms. The van der Waals surface area contributed by atoms with Gasteiger partial charge < -0.3 is 24.3 Å². The first-order valence-corrected chi connectivity index (χ1v) is 19.2. The number of thioether (sulfide) groups is 1. The molecule has 0 heterocycles. The minimum Gasteiger partial charge on any atom is -0.481 e. The number of allylic oxidation sites excluding steroid dienone is 1. The van der Waals surface area contributed by atoms with Crippen LogP contribution in [0.5, 0.6) is 5.75 Å². The Morgan fingerprint density at radius 3 is 2.16 bits per heavy atom. The van der Waals surface area contributed by atoms with Crippen LogP contribution in [0.3, 0.4) is 0 Å². The average molecular weight is 702 g/mol. The van der Waals surface area contributed by atoms with Gasteiger partial charge in [0, 0.05) is 20.1 Å². The minimum absolute atomic E-state index is 0.205. The van der Waals surface area contributed by atoms with Crippen molar-refractivity contribution in [3.63, 3.8) is 0 Å². The maximum atomic E-state index is 14.0. The summed E-state index contributed by atoms with van der Waals surface area (Å²) in [6.45, 7) is 9.96. The number of esters is 2. The molecule has 1 aromatic carbocycles. The Morgan fingerprint density at radius 2 is 1.57 bits per heavy atom. The van der Waals surface area contributed by atoms with E-state index < -0.39 is 41.3 Å². The lowest BCUT2D eigenvalue weighted by Gasteiger charge is -2.28. The van der Waals surface area contributed by atoms with E-state index in [1.807, 2.05) is 18.2 Å². The van der Waals surface area contributed by atoms with Crippen LogP contribution in [-0.2, 0) is 35.0 Å². The number of amides is 1. The smallest absolute Gasteiger partial charge is 0.328 e. The molecule has 0 spiro atoms. The van der Waals surface area contributed by atoms with Crippen LogP contribution < -0.4 is 10.1 Å². The Balaban J connectivity index is 2.96. The topological polar surface area (TPSA) is 100 Å². The molecule has 0 radical (unpaired) electrons. The molecule has 276 valence electrons. The van der Waals surface area contributed by atoms with Gasteiger partial charge in [0.2, 0.25) is 5.91 Å². The minimum atomic E-state index is -0.956. The van der Waals surface area contributed by atoms with E-state index in [0.29, 0.717) is 5.75 Å². The highest BCUT2D eigenvalue weighted by atomic mass is 32.2. The molecule has 0 bridgehead atoms. The van der Waals surface area contributed by atoms with Crippen molar-refractivity contribution < 1.29 is 33.3 Å². The van der Waals surface area contributed by atoms with Crippen molar-refractivity contribution in [3.05, 3.63) is 42.0 Å². The Kier molecular flexibility index (Phi) is 24.1. The number of methoxy groups -OCH3 is 2. The molecule has 1 rings (SSSR count). The van der Waals surface area contributed by atoms with E-state index in [2.05, 4.69) is 35.8 Å². The lowest BCUT2D eigenvalue weighted by atomic mass is 9.87. The summed E-state index contributed by atoms with van der Waals surface area (Å²) >= 11 is 2.06. The molecule has 0 aromatic heterocycles. The van der Waals surface area contributed by atoms with Gasteiger partial charge in [-0.3, -0.25) is 9.59 Å². The van der Waals surface area contributed by atoms with Crippen LogP contribution in [0.25, 0.3) is 0 Å². The van der Waals surface area contributed by atoms with Crippen molar-refractivity contribution in [1.82, 2.24) is 5.32 Å². The zero-order valence-corrected chi connectivity index (χ0v) is 32.1. The van der Waals surface area contributed by atoms with Crippen molar-refractivity contribution in [1.29, 1.82) is 0 Å². The van der Waals surface area contributed by atoms with Crippen LogP contribution in [0, 0.1) is 23.7 Å². The molecule has 0 aliphatic rings. The quantitative estimate of drug-likeness (QED) is 0.0448. The molecule has 0 unspecified atom stereocenters. The third kappa shape index (κ3) is 21.0. The molecule has 1 aromatic rings. The summed E-state index contributed by atoms with van der Waals surface area (Å²) in [5.41, 5.74) is 0.0822. The SMILES string of the molecule is CC#CCOc1ccc(C[C@H](NC(=O)[C@@H](/C=C/CCCCCCSCCCCCCC)[C@@H](CCOC)C(=O)OC(C)(C)C)C(=O)OC)cc1. The van der Waals surface area contributed by atoms with Crippen molar-refractivity contribution in [2.45, 2.75) is 123 Å². The van der Waals surface area contributed by atoms with Crippen LogP contribution in [0.2, 0.25) is 0 Å². The second-order valence-electron chi connectivity index (χ2n) is 13.3. The molecule has 1 amide bonds. The Hall–Kier alpha value is -2.96. The predicted molar refractivity (Wildman–Crippen MR) is 201 cm³/mol. The van der Waals surface area contributed by atoms with Gasteiger partial charge in [0.15, 0.2) is 0 Å². The summed E-state index contributed by atoms with van der Waals surface area (Å²) in [6, 6.07) is 6.31. The van der Waals surface area contributed by atoms with E-state index in [-0.39, 0.29) is 26.1 Å². The van der Waals surface area contributed by atoms with E-state index in [4.69, 9.17) is 18.9 Å². The zero-order valence-electron chi connectivity index (χ0n) is 31.3. The number of carbonyl (C=O) groups is 3. The number of nitrogens with one attached hydrogen (secondary N) is 1. The number of hydrogen-bond donors (Lipinski definition) is 1. The van der Waals surface area contributed by atoms with Gasteiger partial charge in [-0.15, -0.1) is 5.92 Å². The van der Waals surface area contributed by atoms with E-state index >= 15 is 0 Å². The maximum Gasteiger partial charge on any atom is 0.328 e. The van der Waals surface area contributed by atoms with Crippen molar-refractivity contribution in [2.75, 3.05) is 38.9 Å². The standard InChI is InChI=1S/C40H63NO7S/c1-8-10-12-16-19-29-49-30-20-17-14-13-15-18-21-34(35(26-28-45-6)38(43)48-40(3,4)5)37(42)41-36(39(44)46-7)31-32-22-24-33(25-23-32)47-27-11-9-2/h18,21-25,34-36H,8,10,12-17,19-20,26-31H2,1-7H3,(H,41,42)/b21-18+/t34-,35+,36-/m0/s1. The summed E-state index contributed by atoms with van der Waals surface area (Å²) in [7, 11) is 2.85. The van der Waals surface area contributed by atoms with Gasteiger partial charge in [-0.05, 0) is 89.0 Å². The lowest BCUT2D eigenvalue weighted by molar-refractivity contribution is -0.163. The Bertz CT molecular complexity index is 1150. The molecule has 9 heteroatoms. The molecule has 0 saturated carbocycles. The molecule has 0 saturated heterocycles. The first kappa shape index (κ1) is 44.1. The van der Waals surface area contributed by atoms with Crippen LogP contribution >= 0.6 is 11.8 Å². The second kappa shape index (κ2) is 26.8. The predicted octanol–water partition coefficient (Wildman–Crippen LogP) is 8.11. The van der Waals surface area contributed by atoms with Crippen LogP contribution in [0.4, 0.5) is 0 Å². The summed E-state index contributed by atoms with van der Waals surface area (Å²) in [4.78, 5) is 40.3. The zero-order chi connectivity index (χ0) is 36.3. The fourth-order valence-electron chi connectivity index (χ4n) is 5.20. The molecule has 0 aliphatic carbocycles. The van der Waals surface area contributed by atoms with Gasteiger partial charge in [-0.2, -0.15) is 11.8 Å². The van der Waals surface area contributed by atoms with Gasteiger partial charge in [-0.1, -0.05) is 75.7 Å². The summed E-state index contributed by atoms with van der Waals surface area (Å²) in [6.07, 6.45) is 16.2. The molecular formula is C40H63NO7S. The van der Waals surface area contributed by atoms with Crippen molar-refractivity contribution >= 4 is 29.6 Å². The van der Waals surface area contributed by atoms with Crippen molar-refractivity contribution in [2.24, 2.45) is 11.8 Å². The van der Waals surface area contributed by atoms with Gasteiger partial charge in [0.05, 0.1) is 18.9 Å². The highest BCUT2D eigenvalue weighted by Crippen LogP contribution is 2.25. The molecule has 3 atom stereocenters. The number of rotatable bonds is 26. The maximum absolute atomic E-state index is 14.0. The van der Waals surface area contributed by atoms with Gasteiger partial charge >= 0.3 is 11.9 Å². The van der Waals surface area contributed by atoms with E-state index in [9.17, 15) is 14.4 Å². The van der Waals surface area contributed by atoms with E-state index in [1.54, 1.807) is 53.0 Å². The number of benzene rings is 1.